The summed E-state index contributed by atoms with van der Waals surface area (Å²) >= 11 is 6.93. The standard InChI is InChI=1S/C15H13Br2NO3/c1-3-20-15(19)9(2)8-21-14-12(17)7-11(16)10-5-4-6-18-13(10)14/h4-7H,2-3,8H2,1H3. The van der Waals surface area contributed by atoms with Gasteiger partial charge in [-0.25, -0.2) is 4.79 Å². The van der Waals surface area contributed by atoms with E-state index in [0.29, 0.717) is 17.9 Å². The zero-order chi connectivity index (χ0) is 15.4. The molecule has 0 N–H and O–H groups in total. The number of halogens is 2. The van der Waals surface area contributed by atoms with Crippen LogP contribution >= 0.6 is 31.9 Å². The molecule has 0 aliphatic carbocycles. The van der Waals surface area contributed by atoms with E-state index in [0.717, 1.165) is 14.3 Å². The Hall–Kier alpha value is -1.40. The number of hydrogen-bond acceptors (Lipinski definition) is 4. The van der Waals surface area contributed by atoms with Gasteiger partial charge in [0.2, 0.25) is 0 Å². The summed E-state index contributed by atoms with van der Waals surface area (Å²) in [5, 5.41) is 0.928. The summed E-state index contributed by atoms with van der Waals surface area (Å²) in [6.45, 7) is 5.77. The van der Waals surface area contributed by atoms with Crippen LogP contribution in [-0.2, 0) is 9.53 Å². The molecule has 6 heteroatoms. The third kappa shape index (κ3) is 3.63. The average molecular weight is 415 g/mol. The zero-order valence-electron chi connectivity index (χ0n) is 11.4. The van der Waals surface area contributed by atoms with Gasteiger partial charge in [-0.15, -0.1) is 0 Å². The van der Waals surface area contributed by atoms with Crippen molar-refractivity contribution in [2.45, 2.75) is 6.92 Å². The molecule has 0 saturated carbocycles. The smallest absolute Gasteiger partial charge is 0.336 e. The monoisotopic (exact) mass is 413 g/mol. The summed E-state index contributed by atoms with van der Waals surface area (Å²) in [5.74, 6) is 0.113. The van der Waals surface area contributed by atoms with Crippen molar-refractivity contribution in [2.24, 2.45) is 0 Å². The number of carbonyl (C=O) groups excluding carboxylic acids is 1. The van der Waals surface area contributed by atoms with Crippen molar-refractivity contribution < 1.29 is 14.3 Å². The zero-order valence-corrected chi connectivity index (χ0v) is 14.5. The first kappa shape index (κ1) is 16.0. The highest BCUT2D eigenvalue weighted by Gasteiger charge is 2.14. The number of fused-ring (bicyclic) bond motifs is 1. The first-order valence-electron chi connectivity index (χ1n) is 6.25. The second kappa shape index (κ2) is 7.04. The molecule has 21 heavy (non-hydrogen) atoms. The summed E-state index contributed by atoms with van der Waals surface area (Å²) in [4.78, 5) is 15.9. The molecule has 0 aliphatic heterocycles. The van der Waals surface area contributed by atoms with Crippen LogP contribution in [0.3, 0.4) is 0 Å². The van der Waals surface area contributed by atoms with Crippen LogP contribution in [0.25, 0.3) is 10.9 Å². The second-order valence-corrected chi connectivity index (χ2v) is 5.89. The van der Waals surface area contributed by atoms with Crippen molar-refractivity contribution >= 4 is 48.7 Å². The SMILES string of the molecule is C=C(COc1c(Br)cc(Br)c2cccnc12)C(=O)OCC. The number of rotatable bonds is 5. The van der Waals surface area contributed by atoms with Gasteiger partial charge in [0.1, 0.15) is 12.1 Å². The minimum Gasteiger partial charge on any atom is -0.485 e. The predicted octanol–water partition coefficient (Wildman–Crippen LogP) is 4.26. The maximum absolute atomic E-state index is 11.5. The Bertz CT molecular complexity index is 701. The molecule has 4 nitrogen and oxygen atoms in total. The first-order valence-corrected chi connectivity index (χ1v) is 7.83. The van der Waals surface area contributed by atoms with Crippen molar-refractivity contribution in [1.29, 1.82) is 0 Å². The van der Waals surface area contributed by atoms with Crippen molar-refractivity contribution in [2.75, 3.05) is 13.2 Å². The highest BCUT2D eigenvalue weighted by molar-refractivity contribution is 9.11. The van der Waals surface area contributed by atoms with Crippen LogP contribution in [0, 0.1) is 0 Å². The molecule has 0 unspecified atom stereocenters. The Kier molecular flexibility index (Phi) is 5.36. The van der Waals surface area contributed by atoms with Crippen molar-refractivity contribution in [3.63, 3.8) is 0 Å². The van der Waals surface area contributed by atoms with E-state index < -0.39 is 5.97 Å². The number of hydrogen-bond donors (Lipinski definition) is 0. The Balaban J connectivity index is 2.27. The van der Waals surface area contributed by atoms with Gasteiger partial charge in [0.05, 0.1) is 16.7 Å². The van der Waals surface area contributed by atoms with E-state index in [2.05, 4.69) is 43.4 Å². The molecule has 0 saturated heterocycles. The van der Waals surface area contributed by atoms with Crippen LogP contribution in [0.15, 0.2) is 45.5 Å². The number of aromatic nitrogens is 1. The van der Waals surface area contributed by atoms with E-state index in [1.54, 1.807) is 13.1 Å². The first-order chi connectivity index (χ1) is 10.0. The summed E-state index contributed by atoms with van der Waals surface area (Å²) in [5.41, 5.74) is 0.964. The molecule has 0 spiro atoms. The highest BCUT2D eigenvalue weighted by atomic mass is 79.9. The molecule has 110 valence electrons. The van der Waals surface area contributed by atoms with E-state index in [9.17, 15) is 4.79 Å². The topological polar surface area (TPSA) is 48.4 Å². The molecule has 1 aromatic heterocycles. The quantitative estimate of drug-likeness (QED) is 0.541. The van der Waals surface area contributed by atoms with Crippen LogP contribution < -0.4 is 4.74 Å². The van der Waals surface area contributed by atoms with E-state index in [4.69, 9.17) is 9.47 Å². The summed E-state index contributed by atoms with van der Waals surface area (Å²) < 4.78 is 12.2. The van der Waals surface area contributed by atoms with Gasteiger partial charge in [-0.2, -0.15) is 0 Å². The third-order valence-corrected chi connectivity index (χ3v) is 3.95. The minimum atomic E-state index is -0.456. The van der Waals surface area contributed by atoms with E-state index in [-0.39, 0.29) is 12.2 Å². The van der Waals surface area contributed by atoms with Crippen LogP contribution in [0.4, 0.5) is 0 Å². The molecule has 2 rings (SSSR count). The molecule has 0 fully saturated rings. The van der Waals surface area contributed by atoms with Crippen molar-refractivity contribution in [3.05, 3.63) is 45.5 Å². The van der Waals surface area contributed by atoms with E-state index >= 15 is 0 Å². The number of esters is 1. The highest BCUT2D eigenvalue weighted by Crippen LogP contribution is 2.37. The molecule has 1 aromatic carbocycles. The summed E-state index contributed by atoms with van der Waals surface area (Å²) in [7, 11) is 0. The maximum Gasteiger partial charge on any atom is 0.336 e. The van der Waals surface area contributed by atoms with Crippen LogP contribution in [-0.4, -0.2) is 24.2 Å². The lowest BCUT2D eigenvalue weighted by Gasteiger charge is -2.12. The Morgan fingerprint density at radius 1 is 1.38 bits per heavy atom. The fourth-order valence-electron chi connectivity index (χ4n) is 1.74. The van der Waals surface area contributed by atoms with Gasteiger partial charge in [0.15, 0.2) is 5.75 Å². The van der Waals surface area contributed by atoms with E-state index in [1.807, 2.05) is 18.2 Å². The number of pyridine rings is 1. The van der Waals surface area contributed by atoms with Crippen molar-refractivity contribution in [3.8, 4) is 5.75 Å². The lowest BCUT2D eigenvalue weighted by molar-refractivity contribution is -0.138. The molecular formula is C15H13Br2NO3. The van der Waals surface area contributed by atoms with Gasteiger partial charge in [0.25, 0.3) is 0 Å². The summed E-state index contributed by atoms with van der Waals surface area (Å²) in [6, 6.07) is 5.67. The third-order valence-electron chi connectivity index (χ3n) is 2.71. The Morgan fingerprint density at radius 3 is 2.86 bits per heavy atom. The van der Waals surface area contributed by atoms with Crippen LogP contribution in [0.1, 0.15) is 6.92 Å². The van der Waals surface area contributed by atoms with Gasteiger partial charge in [0, 0.05) is 16.1 Å². The molecule has 0 aliphatic rings. The van der Waals surface area contributed by atoms with Crippen molar-refractivity contribution in [1.82, 2.24) is 4.98 Å². The molecule has 0 amide bonds. The largest absolute Gasteiger partial charge is 0.485 e. The normalized spacial score (nSPS) is 10.4. The minimum absolute atomic E-state index is 0.0464. The van der Waals surface area contributed by atoms with Crippen LogP contribution in [0.2, 0.25) is 0 Å². The maximum atomic E-state index is 11.5. The summed E-state index contributed by atoms with van der Waals surface area (Å²) in [6.07, 6.45) is 1.69. The Labute approximate surface area is 139 Å². The van der Waals surface area contributed by atoms with Gasteiger partial charge >= 0.3 is 5.97 Å². The van der Waals surface area contributed by atoms with Gasteiger partial charge in [-0.3, -0.25) is 4.98 Å². The predicted molar refractivity (Wildman–Crippen MR) is 88.4 cm³/mol. The number of benzene rings is 1. The van der Waals surface area contributed by atoms with Gasteiger partial charge in [-0.05, 0) is 35.0 Å². The molecule has 0 bridgehead atoms. The number of carbonyl (C=O) groups is 1. The number of nitrogens with zero attached hydrogens (tertiary/aromatic N) is 1. The number of ether oxygens (including phenoxy) is 2. The average Bonchev–Trinajstić information content (AvgIpc) is 2.47. The molecule has 1 heterocycles. The van der Waals surface area contributed by atoms with Gasteiger partial charge < -0.3 is 9.47 Å². The van der Waals surface area contributed by atoms with E-state index in [1.165, 1.54) is 0 Å². The molecular weight excluding hydrogens is 402 g/mol. The van der Waals surface area contributed by atoms with Crippen LogP contribution in [0.5, 0.6) is 5.75 Å². The Morgan fingerprint density at radius 2 is 2.14 bits per heavy atom. The molecule has 0 atom stereocenters. The fourth-order valence-corrected chi connectivity index (χ4v) is 3.12. The lowest BCUT2D eigenvalue weighted by atomic mass is 10.2. The second-order valence-electron chi connectivity index (χ2n) is 4.18. The molecule has 2 aromatic rings. The lowest BCUT2D eigenvalue weighted by Crippen LogP contribution is -2.13. The fraction of sp³-hybridized carbons (Fsp3) is 0.200. The van der Waals surface area contributed by atoms with Gasteiger partial charge in [-0.1, -0.05) is 28.6 Å². The molecule has 0 radical (unpaired) electrons.